The average Bonchev–Trinajstić information content (AvgIpc) is 3.39. The quantitative estimate of drug-likeness (QED) is 0.394. The van der Waals surface area contributed by atoms with Gasteiger partial charge in [-0.2, -0.15) is 0 Å². The van der Waals surface area contributed by atoms with Crippen LogP contribution in [0.15, 0.2) is 81.8 Å². The first-order valence-corrected chi connectivity index (χ1v) is 11.6. The monoisotopic (exact) mass is 454 g/mol. The third-order valence-electron chi connectivity index (χ3n) is 4.39. The van der Waals surface area contributed by atoms with Gasteiger partial charge in [0.2, 0.25) is 0 Å². The number of hydrogen-bond acceptors (Lipinski definition) is 8. The molecule has 1 aliphatic rings. The van der Waals surface area contributed by atoms with Crippen LogP contribution >= 0.6 is 34.9 Å². The number of nitrogens with two attached hydrogens (primary N) is 1. The van der Waals surface area contributed by atoms with Crippen LogP contribution in [-0.4, -0.2) is 15.5 Å². The Hall–Kier alpha value is -2.59. The molecule has 1 unspecified atom stereocenters. The summed E-state index contributed by atoms with van der Waals surface area (Å²) < 4.78 is 20.5. The van der Waals surface area contributed by atoms with Gasteiger partial charge >= 0.3 is 0 Å². The van der Waals surface area contributed by atoms with E-state index in [0.29, 0.717) is 11.5 Å². The van der Waals surface area contributed by atoms with E-state index in [4.69, 9.17) is 10.5 Å². The fourth-order valence-corrected chi connectivity index (χ4v) is 5.71. The van der Waals surface area contributed by atoms with Gasteiger partial charge in [0.25, 0.3) is 0 Å². The maximum absolute atomic E-state index is 13.3. The highest BCUT2D eigenvalue weighted by Crippen LogP contribution is 2.46. The molecular weight excluding hydrogens is 439 g/mol. The van der Waals surface area contributed by atoms with E-state index in [0.717, 1.165) is 25.7 Å². The lowest BCUT2D eigenvalue weighted by Crippen LogP contribution is -2.32. The Morgan fingerprint density at radius 1 is 1.10 bits per heavy atom. The SMILES string of the molecule is NC1SC=CN1c1c(Oc2ccc(F)cc2)cncc1Sc1ccnc2ccsc12. The number of benzene rings is 1. The topological polar surface area (TPSA) is 64.3 Å². The van der Waals surface area contributed by atoms with Crippen molar-refractivity contribution in [2.24, 2.45) is 5.73 Å². The Kier molecular flexibility index (Phi) is 5.34. The lowest BCUT2D eigenvalue weighted by Gasteiger charge is -2.26. The Labute approximate surface area is 184 Å². The van der Waals surface area contributed by atoms with Crippen LogP contribution < -0.4 is 15.4 Å². The molecule has 1 aromatic carbocycles. The Morgan fingerprint density at radius 3 is 2.77 bits per heavy atom. The van der Waals surface area contributed by atoms with Crippen molar-refractivity contribution in [1.29, 1.82) is 0 Å². The molecule has 0 amide bonds. The van der Waals surface area contributed by atoms with Gasteiger partial charge in [-0.1, -0.05) is 23.5 Å². The van der Waals surface area contributed by atoms with Crippen LogP contribution in [0.1, 0.15) is 0 Å². The highest BCUT2D eigenvalue weighted by Gasteiger charge is 2.25. The van der Waals surface area contributed by atoms with Crippen LogP contribution in [0.3, 0.4) is 0 Å². The summed E-state index contributed by atoms with van der Waals surface area (Å²) in [4.78, 5) is 12.8. The number of nitrogens with zero attached hydrogens (tertiary/aromatic N) is 3. The van der Waals surface area contributed by atoms with Crippen LogP contribution in [0.5, 0.6) is 11.5 Å². The molecule has 5 nitrogen and oxygen atoms in total. The molecule has 0 bridgehead atoms. The van der Waals surface area contributed by atoms with Crippen molar-refractivity contribution in [1.82, 2.24) is 9.97 Å². The van der Waals surface area contributed by atoms with E-state index in [-0.39, 0.29) is 11.3 Å². The summed E-state index contributed by atoms with van der Waals surface area (Å²) in [6, 6.07) is 9.91. The van der Waals surface area contributed by atoms with Crippen LogP contribution in [0, 0.1) is 5.82 Å². The summed E-state index contributed by atoms with van der Waals surface area (Å²) in [7, 11) is 0. The van der Waals surface area contributed by atoms with Gasteiger partial charge in [-0.3, -0.25) is 9.97 Å². The van der Waals surface area contributed by atoms with Gasteiger partial charge in [0.1, 0.15) is 22.8 Å². The second-order valence-corrected chi connectivity index (χ2v) is 9.33. The third-order valence-corrected chi connectivity index (χ3v) is 7.32. The number of ether oxygens (including phenoxy) is 1. The van der Waals surface area contributed by atoms with E-state index in [1.165, 1.54) is 23.9 Å². The first kappa shape index (κ1) is 19.4. The normalized spacial score (nSPS) is 15.8. The van der Waals surface area contributed by atoms with Gasteiger partial charge < -0.3 is 15.4 Å². The smallest absolute Gasteiger partial charge is 0.170 e. The molecule has 5 rings (SSSR count). The Balaban J connectivity index is 1.58. The van der Waals surface area contributed by atoms with Gasteiger partial charge in [-0.15, -0.1) is 11.3 Å². The van der Waals surface area contributed by atoms with Crippen molar-refractivity contribution in [2.75, 3.05) is 4.90 Å². The molecule has 2 N–H and O–H groups in total. The van der Waals surface area contributed by atoms with E-state index in [1.807, 2.05) is 34.0 Å². The molecule has 0 radical (unpaired) electrons. The van der Waals surface area contributed by atoms with Crippen LogP contribution in [0.25, 0.3) is 10.2 Å². The minimum Gasteiger partial charge on any atom is -0.453 e. The van der Waals surface area contributed by atoms with Crippen LogP contribution in [-0.2, 0) is 0 Å². The fourth-order valence-electron chi connectivity index (χ4n) is 3.03. The Bertz CT molecular complexity index is 1230. The second kappa shape index (κ2) is 8.27. The van der Waals surface area contributed by atoms with Gasteiger partial charge in [-0.05, 0) is 47.2 Å². The Morgan fingerprint density at radius 2 is 1.97 bits per heavy atom. The molecule has 30 heavy (non-hydrogen) atoms. The summed E-state index contributed by atoms with van der Waals surface area (Å²) in [5, 5.41) is 3.98. The molecule has 0 fully saturated rings. The number of thioether (sulfide) groups is 1. The van der Waals surface area contributed by atoms with Gasteiger partial charge in [0.15, 0.2) is 5.75 Å². The number of fused-ring (bicyclic) bond motifs is 1. The minimum atomic E-state index is -0.316. The lowest BCUT2D eigenvalue weighted by atomic mass is 10.3. The number of anilines is 1. The molecule has 150 valence electrons. The summed E-state index contributed by atoms with van der Waals surface area (Å²) in [5.74, 6) is 0.754. The molecule has 4 aromatic rings. The zero-order valence-electron chi connectivity index (χ0n) is 15.4. The molecule has 1 atom stereocenters. The first-order valence-electron chi connectivity index (χ1n) is 8.96. The van der Waals surface area contributed by atoms with E-state index in [9.17, 15) is 4.39 Å². The minimum absolute atomic E-state index is 0.276. The summed E-state index contributed by atoms with van der Waals surface area (Å²) in [6.07, 6.45) is 7.20. The molecule has 9 heteroatoms. The number of hydrogen-bond donors (Lipinski definition) is 1. The standard InChI is InChI=1S/C21H15FN4OS3/c22-13-1-3-14(4-2-13)27-16-11-24-12-18(19(16)26-8-10-29-21(26)23)30-17-5-7-25-15-6-9-28-20(15)17/h1-12,21H,23H2. The summed E-state index contributed by atoms with van der Waals surface area (Å²) in [6.45, 7) is 0. The molecule has 0 saturated carbocycles. The lowest BCUT2D eigenvalue weighted by molar-refractivity contribution is 0.476. The third kappa shape index (κ3) is 3.77. The number of halogens is 1. The average molecular weight is 455 g/mol. The predicted octanol–water partition coefficient (Wildman–Crippen LogP) is 6.04. The van der Waals surface area contributed by atoms with Crippen molar-refractivity contribution >= 4 is 50.8 Å². The van der Waals surface area contributed by atoms with Crippen molar-refractivity contribution in [3.8, 4) is 11.5 Å². The first-order chi connectivity index (χ1) is 14.7. The van der Waals surface area contributed by atoms with E-state index >= 15 is 0 Å². The van der Waals surface area contributed by atoms with Crippen LogP contribution in [0.2, 0.25) is 0 Å². The molecule has 0 aliphatic carbocycles. The molecule has 1 aliphatic heterocycles. The van der Waals surface area contributed by atoms with Gasteiger partial charge in [0.05, 0.1) is 21.3 Å². The van der Waals surface area contributed by atoms with E-state index in [2.05, 4.69) is 9.97 Å². The van der Waals surface area contributed by atoms with Crippen molar-refractivity contribution in [3.05, 3.63) is 77.8 Å². The van der Waals surface area contributed by atoms with E-state index < -0.39 is 0 Å². The summed E-state index contributed by atoms with van der Waals surface area (Å²) in [5.41, 5.74) is 7.82. The molecule has 0 spiro atoms. The van der Waals surface area contributed by atoms with Crippen LogP contribution in [0.4, 0.5) is 10.1 Å². The van der Waals surface area contributed by atoms with Crippen molar-refractivity contribution < 1.29 is 9.13 Å². The van der Waals surface area contributed by atoms with Gasteiger partial charge in [0, 0.05) is 23.5 Å². The zero-order chi connectivity index (χ0) is 20.5. The molecule has 3 aromatic heterocycles. The maximum atomic E-state index is 13.3. The fraction of sp³-hybridized carbons (Fsp3) is 0.0476. The highest BCUT2D eigenvalue weighted by atomic mass is 32.2. The van der Waals surface area contributed by atoms with E-state index in [1.54, 1.807) is 53.8 Å². The maximum Gasteiger partial charge on any atom is 0.170 e. The summed E-state index contributed by atoms with van der Waals surface area (Å²) >= 11 is 4.76. The zero-order valence-corrected chi connectivity index (χ0v) is 17.9. The largest absolute Gasteiger partial charge is 0.453 e. The molecule has 0 saturated heterocycles. The number of thiophene rings is 1. The van der Waals surface area contributed by atoms with Crippen molar-refractivity contribution in [2.45, 2.75) is 15.3 Å². The van der Waals surface area contributed by atoms with Gasteiger partial charge in [-0.25, -0.2) is 4.39 Å². The molecule has 4 heterocycles. The molecular formula is C21H15FN4OS3. The number of rotatable bonds is 5. The van der Waals surface area contributed by atoms with Crippen molar-refractivity contribution in [3.63, 3.8) is 0 Å². The number of aromatic nitrogens is 2. The highest BCUT2D eigenvalue weighted by molar-refractivity contribution is 8.03. The second-order valence-electron chi connectivity index (χ2n) is 6.31. The predicted molar refractivity (Wildman–Crippen MR) is 122 cm³/mol. The number of pyridine rings is 2.